The molecule has 0 spiro atoms. The molecule has 6 nitrogen and oxygen atoms in total. The molecule has 1 aromatic carbocycles. The van der Waals surface area contributed by atoms with Crippen molar-refractivity contribution in [2.75, 3.05) is 25.9 Å². The summed E-state index contributed by atoms with van der Waals surface area (Å²) in [5.41, 5.74) is 0.522. The molecule has 1 aliphatic rings. The molecule has 0 unspecified atom stereocenters. The molecule has 0 radical (unpaired) electrons. The number of benzene rings is 1. The van der Waals surface area contributed by atoms with E-state index in [2.05, 4.69) is 4.72 Å². The highest BCUT2D eigenvalue weighted by Crippen LogP contribution is 2.23. The van der Waals surface area contributed by atoms with Crippen molar-refractivity contribution < 1.29 is 16.8 Å². The van der Waals surface area contributed by atoms with E-state index >= 15 is 0 Å². The first-order valence-corrected chi connectivity index (χ1v) is 11.0. The summed E-state index contributed by atoms with van der Waals surface area (Å²) in [5, 5.41) is 0.411. The number of hydrogen-bond donors (Lipinski definition) is 1. The Labute approximate surface area is 142 Å². The molecule has 2 rings (SSSR count). The number of sulfonamides is 2. The second kappa shape index (κ2) is 7.06. The van der Waals surface area contributed by atoms with E-state index < -0.39 is 20.0 Å². The molecule has 0 aromatic heterocycles. The van der Waals surface area contributed by atoms with Crippen LogP contribution in [0.25, 0.3) is 0 Å². The molecule has 0 amide bonds. The largest absolute Gasteiger partial charge is 0.240 e. The number of nitrogens with one attached hydrogen (secondary N) is 1. The molecule has 1 heterocycles. The molecule has 0 aliphatic carbocycles. The van der Waals surface area contributed by atoms with Gasteiger partial charge in [0.15, 0.2) is 0 Å². The number of nitrogens with zero attached hydrogens (tertiary/aromatic N) is 1. The van der Waals surface area contributed by atoms with Gasteiger partial charge in [-0.15, -0.1) is 0 Å². The lowest BCUT2D eigenvalue weighted by atomic mass is 9.99. The zero-order valence-electron chi connectivity index (χ0n) is 13.1. The standard InChI is InChI=1S/C14H21ClN2O4S2/c1-11-13(15)4-3-5-14(11)23(20,21)16-10-12-6-8-17(9-7-12)22(2,18)19/h3-5,12,16H,6-10H2,1-2H3. The lowest BCUT2D eigenvalue weighted by molar-refractivity contribution is 0.275. The maximum atomic E-state index is 12.4. The van der Waals surface area contributed by atoms with Gasteiger partial charge in [0.05, 0.1) is 11.2 Å². The van der Waals surface area contributed by atoms with Crippen molar-refractivity contribution in [3.8, 4) is 0 Å². The Morgan fingerprint density at radius 1 is 1.22 bits per heavy atom. The second-order valence-corrected chi connectivity index (χ2v) is 9.95. The Hall–Kier alpha value is -0.670. The smallest absolute Gasteiger partial charge is 0.213 e. The molecule has 0 bridgehead atoms. The number of hydrogen-bond acceptors (Lipinski definition) is 4. The van der Waals surface area contributed by atoms with Crippen molar-refractivity contribution in [3.63, 3.8) is 0 Å². The van der Waals surface area contributed by atoms with Crippen molar-refractivity contribution >= 4 is 31.6 Å². The molecule has 1 fully saturated rings. The highest BCUT2D eigenvalue weighted by molar-refractivity contribution is 7.89. The summed E-state index contributed by atoms with van der Waals surface area (Å²) in [5.74, 6) is 0.127. The molecule has 1 aliphatic heterocycles. The second-order valence-electron chi connectivity index (χ2n) is 5.82. The summed E-state index contributed by atoms with van der Waals surface area (Å²) in [4.78, 5) is 0.179. The Morgan fingerprint density at radius 2 is 1.83 bits per heavy atom. The Balaban J connectivity index is 1.97. The van der Waals surface area contributed by atoms with Crippen LogP contribution in [0.15, 0.2) is 23.1 Å². The van der Waals surface area contributed by atoms with E-state index in [0.29, 0.717) is 43.1 Å². The maximum absolute atomic E-state index is 12.4. The quantitative estimate of drug-likeness (QED) is 0.840. The van der Waals surface area contributed by atoms with E-state index in [1.165, 1.54) is 16.6 Å². The first-order valence-electron chi connectivity index (χ1n) is 7.31. The molecule has 130 valence electrons. The van der Waals surface area contributed by atoms with Crippen LogP contribution in [0.1, 0.15) is 18.4 Å². The Bertz CT molecular complexity index is 770. The van der Waals surface area contributed by atoms with E-state index in [9.17, 15) is 16.8 Å². The fourth-order valence-corrected chi connectivity index (χ4v) is 5.12. The predicted molar refractivity (Wildman–Crippen MR) is 90.5 cm³/mol. The van der Waals surface area contributed by atoms with Crippen LogP contribution in [0.5, 0.6) is 0 Å². The third-order valence-corrected chi connectivity index (χ3v) is 7.39. The van der Waals surface area contributed by atoms with Crippen molar-refractivity contribution in [3.05, 3.63) is 28.8 Å². The number of piperidine rings is 1. The third kappa shape index (κ3) is 4.67. The molecule has 1 saturated heterocycles. The van der Waals surface area contributed by atoms with Gasteiger partial charge in [0, 0.05) is 24.7 Å². The summed E-state index contributed by atoms with van der Waals surface area (Å²) in [7, 11) is -6.79. The van der Waals surface area contributed by atoms with Gasteiger partial charge in [0.2, 0.25) is 20.0 Å². The monoisotopic (exact) mass is 380 g/mol. The molecule has 1 aromatic rings. The molecular weight excluding hydrogens is 360 g/mol. The summed E-state index contributed by atoms with van der Waals surface area (Å²) in [6.45, 7) is 2.83. The van der Waals surface area contributed by atoms with Crippen LogP contribution in [0.2, 0.25) is 5.02 Å². The normalized spacial score (nSPS) is 18.2. The van der Waals surface area contributed by atoms with Gasteiger partial charge in [0.1, 0.15) is 0 Å². The third-order valence-electron chi connectivity index (χ3n) is 4.11. The van der Waals surface area contributed by atoms with Crippen molar-refractivity contribution in [1.82, 2.24) is 9.03 Å². The average molecular weight is 381 g/mol. The van der Waals surface area contributed by atoms with Gasteiger partial charge in [-0.1, -0.05) is 17.7 Å². The van der Waals surface area contributed by atoms with E-state index in [-0.39, 0.29) is 10.8 Å². The lowest BCUT2D eigenvalue weighted by Gasteiger charge is -2.30. The average Bonchev–Trinajstić information content (AvgIpc) is 2.47. The minimum absolute atomic E-state index is 0.127. The minimum atomic E-state index is -3.62. The van der Waals surface area contributed by atoms with Crippen LogP contribution in [-0.4, -0.2) is 47.0 Å². The van der Waals surface area contributed by atoms with E-state index in [1.54, 1.807) is 19.1 Å². The zero-order chi connectivity index (χ0) is 17.3. The van der Waals surface area contributed by atoms with Gasteiger partial charge in [-0.05, 0) is 43.4 Å². The van der Waals surface area contributed by atoms with Crippen LogP contribution < -0.4 is 4.72 Å². The van der Waals surface area contributed by atoms with E-state index in [1.807, 2.05) is 0 Å². The van der Waals surface area contributed by atoms with Gasteiger partial charge < -0.3 is 0 Å². The summed E-state index contributed by atoms with van der Waals surface area (Å²) >= 11 is 5.97. The van der Waals surface area contributed by atoms with Crippen LogP contribution >= 0.6 is 11.6 Å². The van der Waals surface area contributed by atoms with Gasteiger partial charge in [-0.25, -0.2) is 25.9 Å². The fourth-order valence-electron chi connectivity index (χ4n) is 2.63. The highest BCUT2D eigenvalue weighted by Gasteiger charge is 2.26. The number of rotatable bonds is 5. The number of halogens is 1. The molecular formula is C14H21ClN2O4S2. The van der Waals surface area contributed by atoms with Crippen LogP contribution in [0.3, 0.4) is 0 Å². The van der Waals surface area contributed by atoms with Crippen molar-refractivity contribution in [2.45, 2.75) is 24.7 Å². The van der Waals surface area contributed by atoms with Gasteiger partial charge in [-0.3, -0.25) is 0 Å². The molecule has 0 atom stereocenters. The summed E-state index contributed by atoms with van der Waals surface area (Å²) in [6.07, 6.45) is 2.48. The van der Waals surface area contributed by atoms with Crippen LogP contribution in [0, 0.1) is 12.8 Å². The molecule has 1 N–H and O–H groups in total. The van der Waals surface area contributed by atoms with E-state index in [0.717, 1.165) is 0 Å². The van der Waals surface area contributed by atoms with Gasteiger partial charge >= 0.3 is 0 Å². The summed E-state index contributed by atoms with van der Waals surface area (Å²) in [6, 6.07) is 4.78. The summed E-state index contributed by atoms with van der Waals surface area (Å²) < 4.78 is 51.8. The van der Waals surface area contributed by atoms with Gasteiger partial charge in [-0.2, -0.15) is 0 Å². The lowest BCUT2D eigenvalue weighted by Crippen LogP contribution is -2.41. The van der Waals surface area contributed by atoms with Crippen LogP contribution in [-0.2, 0) is 20.0 Å². The van der Waals surface area contributed by atoms with E-state index in [4.69, 9.17) is 11.6 Å². The molecule has 23 heavy (non-hydrogen) atoms. The van der Waals surface area contributed by atoms with Crippen LogP contribution in [0.4, 0.5) is 0 Å². The first-order chi connectivity index (χ1) is 10.6. The molecule has 9 heteroatoms. The van der Waals surface area contributed by atoms with Gasteiger partial charge in [0.25, 0.3) is 0 Å². The zero-order valence-corrected chi connectivity index (χ0v) is 15.5. The minimum Gasteiger partial charge on any atom is -0.213 e. The predicted octanol–water partition coefficient (Wildman–Crippen LogP) is 1.60. The highest BCUT2D eigenvalue weighted by atomic mass is 35.5. The first kappa shape index (κ1) is 18.7. The van der Waals surface area contributed by atoms with Crippen molar-refractivity contribution in [1.29, 1.82) is 0 Å². The van der Waals surface area contributed by atoms with Crippen molar-refractivity contribution in [2.24, 2.45) is 5.92 Å². The SMILES string of the molecule is Cc1c(Cl)cccc1S(=O)(=O)NCC1CCN(S(C)(=O)=O)CC1. The Kier molecular flexibility index (Phi) is 5.73. The Morgan fingerprint density at radius 3 is 2.39 bits per heavy atom. The fraction of sp³-hybridized carbons (Fsp3) is 0.571. The maximum Gasteiger partial charge on any atom is 0.240 e. The topological polar surface area (TPSA) is 83.6 Å². The molecule has 0 saturated carbocycles.